The number of rotatable bonds is 5. The Morgan fingerprint density at radius 1 is 1.24 bits per heavy atom. The maximum absolute atomic E-state index is 12.5. The van der Waals surface area contributed by atoms with Gasteiger partial charge in [0.15, 0.2) is 0 Å². The predicted octanol–water partition coefficient (Wildman–Crippen LogP) is 3.38. The standard InChI is InChI=1S/C12H15F3O2/c1-2-3-4-17-11-6-9(8-16)5-10(7-11)12(13,14)15/h5-7,16H,2-4,8H2,1H3. The second kappa shape index (κ2) is 5.91. The van der Waals surface area contributed by atoms with E-state index in [0.717, 1.165) is 25.0 Å². The van der Waals surface area contributed by atoms with Crippen LogP contribution in [0, 0.1) is 0 Å². The van der Waals surface area contributed by atoms with Gasteiger partial charge in [-0.1, -0.05) is 13.3 Å². The number of hydrogen-bond acceptors (Lipinski definition) is 2. The lowest BCUT2D eigenvalue weighted by Crippen LogP contribution is -2.07. The first-order valence-electron chi connectivity index (χ1n) is 5.42. The highest BCUT2D eigenvalue weighted by molar-refractivity contribution is 5.35. The lowest BCUT2D eigenvalue weighted by Gasteiger charge is -2.12. The fraction of sp³-hybridized carbons (Fsp3) is 0.500. The van der Waals surface area contributed by atoms with Gasteiger partial charge in [-0.05, 0) is 30.2 Å². The van der Waals surface area contributed by atoms with Crippen LogP contribution >= 0.6 is 0 Å². The third kappa shape index (κ3) is 4.26. The van der Waals surface area contributed by atoms with Gasteiger partial charge in [0.05, 0.1) is 18.8 Å². The molecule has 96 valence electrons. The van der Waals surface area contributed by atoms with E-state index in [-0.39, 0.29) is 11.3 Å². The van der Waals surface area contributed by atoms with Crippen molar-refractivity contribution >= 4 is 0 Å². The molecule has 0 amide bonds. The minimum absolute atomic E-state index is 0.150. The van der Waals surface area contributed by atoms with Crippen LogP contribution in [0.25, 0.3) is 0 Å². The highest BCUT2D eigenvalue weighted by Gasteiger charge is 2.31. The molecular formula is C12H15F3O2. The zero-order valence-corrected chi connectivity index (χ0v) is 9.55. The molecule has 0 aliphatic rings. The van der Waals surface area contributed by atoms with Crippen molar-refractivity contribution in [2.45, 2.75) is 32.5 Å². The van der Waals surface area contributed by atoms with Crippen molar-refractivity contribution in [3.63, 3.8) is 0 Å². The van der Waals surface area contributed by atoms with Gasteiger partial charge in [0, 0.05) is 0 Å². The van der Waals surface area contributed by atoms with Crippen molar-refractivity contribution in [2.75, 3.05) is 6.61 Å². The van der Waals surface area contributed by atoms with Gasteiger partial charge in [0.1, 0.15) is 5.75 Å². The fourth-order valence-corrected chi connectivity index (χ4v) is 1.33. The van der Waals surface area contributed by atoms with Crippen LogP contribution < -0.4 is 4.74 Å². The molecule has 1 aromatic carbocycles. The molecule has 0 unspecified atom stereocenters. The van der Waals surface area contributed by atoms with Crippen molar-refractivity contribution in [3.05, 3.63) is 29.3 Å². The fourth-order valence-electron chi connectivity index (χ4n) is 1.33. The Kier molecular flexibility index (Phi) is 4.81. The second-order valence-corrected chi connectivity index (χ2v) is 3.72. The highest BCUT2D eigenvalue weighted by Crippen LogP contribution is 2.32. The largest absolute Gasteiger partial charge is 0.494 e. The first-order chi connectivity index (χ1) is 7.97. The van der Waals surface area contributed by atoms with Crippen molar-refractivity contribution < 1.29 is 23.0 Å². The summed E-state index contributed by atoms with van der Waals surface area (Å²) >= 11 is 0. The highest BCUT2D eigenvalue weighted by atomic mass is 19.4. The topological polar surface area (TPSA) is 29.5 Å². The smallest absolute Gasteiger partial charge is 0.416 e. The number of halogens is 3. The lowest BCUT2D eigenvalue weighted by molar-refractivity contribution is -0.137. The van der Waals surface area contributed by atoms with Gasteiger partial charge in [0.25, 0.3) is 0 Å². The van der Waals surface area contributed by atoms with Gasteiger partial charge in [-0.2, -0.15) is 13.2 Å². The van der Waals surface area contributed by atoms with Gasteiger partial charge in [-0.3, -0.25) is 0 Å². The third-order valence-electron chi connectivity index (χ3n) is 2.24. The molecule has 0 saturated heterocycles. The van der Waals surface area contributed by atoms with Crippen LogP contribution in [0.3, 0.4) is 0 Å². The number of hydrogen-bond donors (Lipinski definition) is 1. The number of ether oxygens (including phenoxy) is 1. The molecule has 1 aromatic rings. The maximum Gasteiger partial charge on any atom is 0.416 e. The molecule has 1 N–H and O–H groups in total. The third-order valence-corrected chi connectivity index (χ3v) is 2.24. The zero-order valence-electron chi connectivity index (χ0n) is 9.55. The minimum Gasteiger partial charge on any atom is -0.494 e. The van der Waals surface area contributed by atoms with Gasteiger partial charge in [0.2, 0.25) is 0 Å². The van der Waals surface area contributed by atoms with E-state index in [1.807, 2.05) is 6.92 Å². The van der Waals surface area contributed by atoms with E-state index in [1.165, 1.54) is 6.07 Å². The van der Waals surface area contributed by atoms with Crippen LogP contribution in [-0.4, -0.2) is 11.7 Å². The van der Waals surface area contributed by atoms with Crippen LogP contribution in [-0.2, 0) is 12.8 Å². The Labute approximate surface area is 98.0 Å². The van der Waals surface area contributed by atoms with Crippen molar-refractivity contribution in [1.82, 2.24) is 0 Å². The van der Waals surface area contributed by atoms with E-state index in [2.05, 4.69) is 0 Å². The molecular weight excluding hydrogens is 233 g/mol. The molecule has 17 heavy (non-hydrogen) atoms. The summed E-state index contributed by atoms with van der Waals surface area (Å²) in [6.45, 7) is 1.91. The SMILES string of the molecule is CCCCOc1cc(CO)cc(C(F)(F)F)c1. The monoisotopic (exact) mass is 248 g/mol. The lowest BCUT2D eigenvalue weighted by atomic mass is 10.1. The minimum atomic E-state index is -4.42. The summed E-state index contributed by atoms with van der Waals surface area (Å²) in [5.41, 5.74) is -0.595. The Balaban J connectivity index is 2.89. The molecule has 2 nitrogen and oxygen atoms in total. The Bertz CT molecular complexity index is 361. The van der Waals surface area contributed by atoms with E-state index in [0.29, 0.717) is 6.61 Å². The van der Waals surface area contributed by atoms with Gasteiger partial charge in [-0.25, -0.2) is 0 Å². The quantitative estimate of drug-likeness (QED) is 0.809. The molecule has 0 aromatic heterocycles. The maximum atomic E-state index is 12.5. The summed E-state index contributed by atoms with van der Waals surface area (Å²) in [4.78, 5) is 0. The number of unbranched alkanes of at least 4 members (excludes halogenated alkanes) is 1. The van der Waals surface area contributed by atoms with Crippen LogP contribution in [0.4, 0.5) is 13.2 Å². The van der Waals surface area contributed by atoms with E-state index in [9.17, 15) is 13.2 Å². The Morgan fingerprint density at radius 2 is 1.94 bits per heavy atom. The van der Waals surface area contributed by atoms with Gasteiger partial charge < -0.3 is 9.84 Å². The molecule has 0 aliphatic carbocycles. The number of aliphatic hydroxyl groups is 1. The van der Waals surface area contributed by atoms with E-state index < -0.39 is 18.3 Å². The second-order valence-electron chi connectivity index (χ2n) is 3.72. The van der Waals surface area contributed by atoms with Crippen LogP contribution in [0.5, 0.6) is 5.75 Å². The van der Waals surface area contributed by atoms with Crippen molar-refractivity contribution in [3.8, 4) is 5.75 Å². The average molecular weight is 248 g/mol. The van der Waals surface area contributed by atoms with Crippen LogP contribution in [0.1, 0.15) is 30.9 Å². The molecule has 0 atom stereocenters. The summed E-state index contributed by atoms with van der Waals surface area (Å²) in [6, 6.07) is 3.30. The molecule has 5 heteroatoms. The van der Waals surface area contributed by atoms with Crippen LogP contribution in [0.2, 0.25) is 0 Å². The first kappa shape index (κ1) is 13.8. The number of aliphatic hydroxyl groups excluding tert-OH is 1. The summed E-state index contributed by atoms with van der Waals surface area (Å²) in [6.07, 6.45) is -2.73. The van der Waals surface area contributed by atoms with E-state index in [1.54, 1.807) is 0 Å². The summed E-state index contributed by atoms with van der Waals surface area (Å²) < 4.78 is 42.8. The molecule has 1 rings (SSSR count). The molecule has 0 saturated carbocycles. The summed E-state index contributed by atoms with van der Waals surface area (Å²) in [7, 11) is 0. The summed E-state index contributed by atoms with van der Waals surface area (Å²) in [5.74, 6) is 0.150. The number of benzene rings is 1. The molecule has 0 radical (unpaired) electrons. The number of alkyl halides is 3. The zero-order chi connectivity index (χ0) is 12.9. The molecule has 0 bridgehead atoms. The first-order valence-corrected chi connectivity index (χ1v) is 5.42. The summed E-state index contributed by atoms with van der Waals surface area (Å²) in [5, 5.41) is 8.90. The molecule has 0 fully saturated rings. The molecule has 0 heterocycles. The molecule has 0 spiro atoms. The van der Waals surface area contributed by atoms with E-state index in [4.69, 9.17) is 9.84 Å². The van der Waals surface area contributed by atoms with E-state index >= 15 is 0 Å². The van der Waals surface area contributed by atoms with Gasteiger partial charge >= 0.3 is 6.18 Å². The van der Waals surface area contributed by atoms with Crippen molar-refractivity contribution in [2.24, 2.45) is 0 Å². The Hall–Kier alpha value is -1.23. The average Bonchev–Trinajstić information content (AvgIpc) is 2.28. The van der Waals surface area contributed by atoms with Gasteiger partial charge in [-0.15, -0.1) is 0 Å². The normalized spacial score (nSPS) is 11.6. The molecule has 0 aliphatic heterocycles. The predicted molar refractivity (Wildman–Crippen MR) is 57.8 cm³/mol. The Morgan fingerprint density at radius 3 is 2.47 bits per heavy atom. The van der Waals surface area contributed by atoms with Crippen molar-refractivity contribution in [1.29, 1.82) is 0 Å². The van der Waals surface area contributed by atoms with Crippen LogP contribution in [0.15, 0.2) is 18.2 Å².